The Hall–Kier alpha value is -0.860. The van der Waals surface area contributed by atoms with E-state index in [9.17, 15) is 4.79 Å². The van der Waals surface area contributed by atoms with Crippen molar-refractivity contribution in [1.82, 2.24) is 15.2 Å². The van der Waals surface area contributed by atoms with Crippen LogP contribution in [0.4, 0.5) is 0 Å². The van der Waals surface area contributed by atoms with Gasteiger partial charge in [-0.2, -0.15) is 0 Å². The van der Waals surface area contributed by atoms with Crippen LogP contribution < -0.4 is 10.1 Å². The summed E-state index contributed by atoms with van der Waals surface area (Å²) in [6.45, 7) is 2.69. The number of halogens is 3. The molecule has 0 aromatic carbocycles. The highest BCUT2D eigenvalue weighted by molar-refractivity contribution is 9.11. The number of carbonyl (C=O) groups is 1. The van der Waals surface area contributed by atoms with Crippen molar-refractivity contribution in [3.63, 3.8) is 0 Å². The zero-order chi connectivity index (χ0) is 15.4. The second-order valence-corrected chi connectivity index (χ2v) is 7.42. The SMILES string of the molecule is Cl.Cl.O=C(c1ccc(Br)s1)N1CCNCC1COc1cccnc1. The summed E-state index contributed by atoms with van der Waals surface area (Å²) in [4.78, 5) is 19.3. The summed E-state index contributed by atoms with van der Waals surface area (Å²) in [7, 11) is 0. The largest absolute Gasteiger partial charge is 0.490 e. The molecular weight excluding hydrogens is 437 g/mol. The van der Waals surface area contributed by atoms with Crippen molar-refractivity contribution < 1.29 is 9.53 Å². The number of hydrogen-bond donors (Lipinski definition) is 1. The third kappa shape index (κ3) is 5.32. The molecule has 1 aliphatic heterocycles. The van der Waals surface area contributed by atoms with Gasteiger partial charge in [0.1, 0.15) is 12.4 Å². The minimum Gasteiger partial charge on any atom is -0.490 e. The van der Waals surface area contributed by atoms with E-state index >= 15 is 0 Å². The molecule has 0 bridgehead atoms. The zero-order valence-corrected chi connectivity index (χ0v) is 16.7. The highest BCUT2D eigenvalue weighted by atomic mass is 79.9. The molecular formula is C15H18BrCl2N3O2S. The topological polar surface area (TPSA) is 54.5 Å². The molecule has 1 saturated heterocycles. The first-order valence-corrected chi connectivity index (χ1v) is 8.65. The molecule has 2 aromatic rings. The standard InChI is InChI=1S/C15H16BrN3O2S.2ClH/c16-14-4-3-13(22-14)15(20)19-7-6-18-8-11(19)10-21-12-2-1-5-17-9-12;;/h1-5,9,11,18H,6-8,10H2;2*1H. The molecule has 2 aromatic heterocycles. The number of nitrogens with zero attached hydrogens (tertiary/aromatic N) is 2. The Labute approximate surface area is 165 Å². The normalized spacial score (nSPS) is 16.7. The monoisotopic (exact) mass is 453 g/mol. The number of hydrogen-bond acceptors (Lipinski definition) is 5. The van der Waals surface area contributed by atoms with Crippen LogP contribution in [0.15, 0.2) is 40.4 Å². The lowest BCUT2D eigenvalue weighted by atomic mass is 10.2. The Morgan fingerprint density at radius 3 is 2.92 bits per heavy atom. The number of piperazine rings is 1. The van der Waals surface area contributed by atoms with E-state index < -0.39 is 0 Å². The summed E-state index contributed by atoms with van der Waals surface area (Å²) >= 11 is 4.86. The van der Waals surface area contributed by atoms with E-state index in [-0.39, 0.29) is 36.8 Å². The van der Waals surface area contributed by atoms with Gasteiger partial charge in [-0.25, -0.2) is 0 Å². The maximum absolute atomic E-state index is 12.7. The van der Waals surface area contributed by atoms with Crippen molar-refractivity contribution >= 4 is 58.0 Å². The molecule has 9 heteroatoms. The molecule has 1 N–H and O–H groups in total. The van der Waals surface area contributed by atoms with Gasteiger partial charge in [-0.1, -0.05) is 0 Å². The van der Waals surface area contributed by atoms with Crippen LogP contribution in [0.2, 0.25) is 0 Å². The lowest BCUT2D eigenvalue weighted by molar-refractivity contribution is 0.0564. The van der Waals surface area contributed by atoms with E-state index in [2.05, 4.69) is 26.2 Å². The Kier molecular flexibility index (Phi) is 9.01. The number of carbonyl (C=O) groups excluding carboxylic acids is 1. The van der Waals surface area contributed by atoms with Crippen LogP contribution in [-0.2, 0) is 0 Å². The minimum atomic E-state index is 0. The number of pyridine rings is 1. The fourth-order valence-electron chi connectivity index (χ4n) is 2.37. The molecule has 0 aliphatic carbocycles. The van der Waals surface area contributed by atoms with E-state index in [0.29, 0.717) is 13.2 Å². The van der Waals surface area contributed by atoms with Gasteiger partial charge in [0.05, 0.1) is 20.9 Å². The summed E-state index contributed by atoms with van der Waals surface area (Å²) < 4.78 is 6.73. The molecule has 1 fully saturated rings. The van der Waals surface area contributed by atoms with E-state index in [0.717, 1.165) is 27.5 Å². The van der Waals surface area contributed by atoms with Crippen LogP contribution in [0, 0.1) is 0 Å². The van der Waals surface area contributed by atoms with Gasteiger partial charge >= 0.3 is 0 Å². The highest BCUT2D eigenvalue weighted by Gasteiger charge is 2.28. The lowest BCUT2D eigenvalue weighted by Crippen LogP contribution is -2.55. The van der Waals surface area contributed by atoms with Gasteiger partial charge in [0.25, 0.3) is 5.91 Å². The smallest absolute Gasteiger partial charge is 0.264 e. The second-order valence-electron chi connectivity index (χ2n) is 4.96. The molecule has 3 heterocycles. The molecule has 1 atom stereocenters. The summed E-state index contributed by atoms with van der Waals surface area (Å²) in [5.74, 6) is 0.788. The molecule has 1 unspecified atom stereocenters. The minimum absolute atomic E-state index is 0. The summed E-state index contributed by atoms with van der Waals surface area (Å²) in [5.41, 5.74) is 0. The molecule has 24 heavy (non-hydrogen) atoms. The van der Waals surface area contributed by atoms with Gasteiger partial charge in [-0.05, 0) is 40.2 Å². The Morgan fingerprint density at radius 1 is 1.42 bits per heavy atom. The fourth-order valence-corrected chi connectivity index (χ4v) is 3.72. The summed E-state index contributed by atoms with van der Waals surface area (Å²) in [5, 5.41) is 3.32. The van der Waals surface area contributed by atoms with Gasteiger partial charge < -0.3 is 15.0 Å². The molecule has 1 aliphatic rings. The van der Waals surface area contributed by atoms with Crippen LogP contribution in [0.5, 0.6) is 5.75 Å². The van der Waals surface area contributed by atoms with Gasteiger partial charge in [-0.3, -0.25) is 9.78 Å². The van der Waals surface area contributed by atoms with Crippen molar-refractivity contribution in [2.75, 3.05) is 26.2 Å². The van der Waals surface area contributed by atoms with Crippen molar-refractivity contribution in [3.8, 4) is 5.75 Å². The van der Waals surface area contributed by atoms with Gasteiger partial charge in [-0.15, -0.1) is 36.2 Å². The summed E-state index contributed by atoms with van der Waals surface area (Å²) in [6.07, 6.45) is 3.39. The first-order chi connectivity index (χ1) is 10.7. The van der Waals surface area contributed by atoms with Gasteiger partial charge in [0.15, 0.2) is 0 Å². The summed E-state index contributed by atoms with van der Waals surface area (Å²) in [6, 6.07) is 7.48. The molecule has 1 amide bonds. The van der Waals surface area contributed by atoms with Crippen molar-refractivity contribution in [3.05, 3.63) is 45.3 Å². The van der Waals surface area contributed by atoms with E-state index in [4.69, 9.17) is 4.74 Å². The Morgan fingerprint density at radius 2 is 2.25 bits per heavy atom. The average Bonchev–Trinajstić information content (AvgIpc) is 3.00. The number of thiophene rings is 1. The highest BCUT2D eigenvalue weighted by Crippen LogP contribution is 2.24. The number of aromatic nitrogens is 1. The van der Waals surface area contributed by atoms with Crippen molar-refractivity contribution in [1.29, 1.82) is 0 Å². The molecule has 0 radical (unpaired) electrons. The third-order valence-corrected chi connectivity index (χ3v) is 5.08. The predicted molar refractivity (Wildman–Crippen MR) is 104 cm³/mol. The molecule has 0 spiro atoms. The fraction of sp³-hybridized carbons (Fsp3) is 0.333. The van der Waals surface area contributed by atoms with Crippen LogP contribution >= 0.6 is 52.1 Å². The predicted octanol–water partition coefficient (Wildman–Crippen LogP) is 3.24. The zero-order valence-electron chi connectivity index (χ0n) is 12.7. The number of ether oxygens (including phenoxy) is 1. The first kappa shape index (κ1) is 21.2. The van der Waals surface area contributed by atoms with Crippen molar-refractivity contribution in [2.45, 2.75) is 6.04 Å². The van der Waals surface area contributed by atoms with E-state index in [1.54, 1.807) is 12.4 Å². The molecule has 3 rings (SSSR count). The lowest BCUT2D eigenvalue weighted by Gasteiger charge is -2.35. The van der Waals surface area contributed by atoms with Gasteiger partial charge in [0.2, 0.25) is 0 Å². The number of rotatable bonds is 4. The van der Waals surface area contributed by atoms with E-state index in [1.165, 1.54) is 11.3 Å². The quantitative estimate of drug-likeness (QED) is 0.770. The van der Waals surface area contributed by atoms with E-state index in [1.807, 2.05) is 29.2 Å². The van der Waals surface area contributed by atoms with Crippen LogP contribution in [0.1, 0.15) is 9.67 Å². The molecule has 132 valence electrons. The average molecular weight is 455 g/mol. The maximum atomic E-state index is 12.7. The van der Waals surface area contributed by atoms with Crippen LogP contribution in [-0.4, -0.2) is 48.1 Å². The number of nitrogens with one attached hydrogen (secondary N) is 1. The maximum Gasteiger partial charge on any atom is 0.264 e. The molecule has 5 nitrogen and oxygen atoms in total. The van der Waals surface area contributed by atoms with Gasteiger partial charge in [0, 0.05) is 25.8 Å². The van der Waals surface area contributed by atoms with Crippen LogP contribution in [0.3, 0.4) is 0 Å². The van der Waals surface area contributed by atoms with Crippen LogP contribution in [0.25, 0.3) is 0 Å². The Bertz CT molecular complexity index is 645. The first-order valence-electron chi connectivity index (χ1n) is 7.04. The third-order valence-electron chi connectivity index (χ3n) is 3.47. The van der Waals surface area contributed by atoms with Crippen molar-refractivity contribution in [2.24, 2.45) is 0 Å². The second kappa shape index (κ2) is 10.2. The molecule has 0 saturated carbocycles. The Balaban J connectivity index is 0.00000144. The number of amides is 1.